The monoisotopic (exact) mass is 390 g/mol. The van der Waals surface area contributed by atoms with Crippen LogP contribution in [0.15, 0.2) is 24.4 Å². The van der Waals surface area contributed by atoms with E-state index in [4.69, 9.17) is 15.2 Å². The van der Waals surface area contributed by atoms with E-state index in [9.17, 15) is 9.18 Å². The van der Waals surface area contributed by atoms with Crippen molar-refractivity contribution in [2.75, 3.05) is 13.7 Å². The highest BCUT2D eigenvalue weighted by atomic mass is 19.1. The van der Waals surface area contributed by atoms with Crippen LogP contribution >= 0.6 is 0 Å². The highest BCUT2D eigenvalue weighted by Gasteiger charge is 2.22. The normalized spacial score (nSPS) is 13.1. The Labute approximate surface area is 164 Å². The predicted octanol–water partition coefficient (Wildman–Crippen LogP) is 3.45. The van der Waals surface area contributed by atoms with E-state index >= 15 is 0 Å². The lowest BCUT2D eigenvalue weighted by molar-refractivity contribution is 0.198. The maximum absolute atomic E-state index is 14.7. The molecule has 0 radical (unpaired) electrons. The minimum absolute atomic E-state index is 0.173. The van der Waals surface area contributed by atoms with Crippen molar-refractivity contribution in [1.29, 1.82) is 0 Å². The summed E-state index contributed by atoms with van der Waals surface area (Å²) in [5, 5.41) is 2.24. The van der Waals surface area contributed by atoms with Gasteiger partial charge in [0.25, 0.3) is 5.88 Å². The molecular formula is C20H27FN4O3. The summed E-state index contributed by atoms with van der Waals surface area (Å²) in [5.41, 5.74) is 6.97. The molecule has 0 saturated carbocycles. The van der Waals surface area contributed by atoms with Crippen molar-refractivity contribution in [1.82, 2.24) is 15.3 Å². The summed E-state index contributed by atoms with van der Waals surface area (Å²) in [6.07, 6.45) is 1.38. The Kier molecular flexibility index (Phi) is 6.90. The van der Waals surface area contributed by atoms with Crippen LogP contribution in [0, 0.1) is 18.7 Å². The molecule has 1 atom stereocenters. The number of carbonyl (C=O) groups is 1. The summed E-state index contributed by atoms with van der Waals surface area (Å²) in [4.78, 5) is 19.5. The summed E-state index contributed by atoms with van der Waals surface area (Å²) in [7, 11) is 1.38. The van der Waals surface area contributed by atoms with E-state index in [0.717, 1.165) is 6.42 Å². The first-order valence-electron chi connectivity index (χ1n) is 9.06. The molecule has 2 aromatic rings. The van der Waals surface area contributed by atoms with E-state index in [-0.39, 0.29) is 5.56 Å². The number of nitrogens with zero attached hydrogens (tertiary/aromatic N) is 2. The van der Waals surface area contributed by atoms with Gasteiger partial charge in [-0.05, 0) is 44.4 Å². The summed E-state index contributed by atoms with van der Waals surface area (Å²) >= 11 is 0. The fraction of sp³-hybridized carbons (Fsp3) is 0.450. The number of nitrogens with one attached hydrogen (secondary N) is 1. The van der Waals surface area contributed by atoms with Gasteiger partial charge in [0.1, 0.15) is 12.4 Å². The number of carbonyl (C=O) groups excluding carboxylic acids is 1. The van der Waals surface area contributed by atoms with Crippen molar-refractivity contribution >= 4 is 6.09 Å². The number of pyridine rings is 2. The van der Waals surface area contributed by atoms with Gasteiger partial charge in [-0.1, -0.05) is 13.8 Å². The van der Waals surface area contributed by atoms with Crippen LogP contribution in [0.5, 0.6) is 11.6 Å². The Morgan fingerprint density at radius 3 is 2.68 bits per heavy atom. The minimum atomic E-state index is -0.803. The second-order valence-corrected chi connectivity index (χ2v) is 7.44. The highest BCUT2D eigenvalue weighted by molar-refractivity contribution is 5.70. The van der Waals surface area contributed by atoms with E-state index in [1.54, 1.807) is 19.1 Å². The SMILES string of the molecule is CNC(=O)Oc1nccc(-c2ccc(OC[C@@](C)(N)CC(C)C)c(C)n2)c1F. The molecule has 28 heavy (non-hydrogen) atoms. The minimum Gasteiger partial charge on any atom is -0.490 e. The molecule has 2 rings (SSSR count). The zero-order valence-electron chi connectivity index (χ0n) is 16.9. The molecular weight excluding hydrogens is 363 g/mol. The van der Waals surface area contributed by atoms with Gasteiger partial charge in [-0.3, -0.25) is 0 Å². The molecule has 0 aliphatic carbocycles. The van der Waals surface area contributed by atoms with Gasteiger partial charge in [0, 0.05) is 24.3 Å². The molecule has 0 aliphatic rings. The first kappa shape index (κ1) is 21.6. The number of nitrogens with two attached hydrogens (primary N) is 1. The quantitative estimate of drug-likeness (QED) is 0.751. The molecule has 8 heteroatoms. The van der Waals surface area contributed by atoms with Crippen molar-refractivity contribution in [3.8, 4) is 22.9 Å². The lowest BCUT2D eigenvalue weighted by Gasteiger charge is -2.27. The molecule has 0 bridgehead atoms. The molecule has 1 amide bonds. The van der Waals surface area contributed by atoms with E-state index < -0.39 is 23.3 Å². The summed E-state index contributed by atoms with van der Waals surface area (Å²) < 4.78 is 25.3. The van der Waals surface area contributed by atoms with Gasteiger partial charge in [-0.15, -0.1) is 0 Å². The third-order valence-corrected chi connectivity index (χ3v) is 4.00. The van der Waals surface area contributed by atoms with Crippen LogP contribution in [0.2, 0.25) is 0 Å². The van der Waals surface area contributed by atoms with Crippen LogP contribution in [0.1, 0.15) is 32.9 Å². The van der Waals surface area contributed by atoms with Gasteiger partial charge >= 0.3 is 6.09 Å². The first-order chi connectivity index (χ1) is 13.1. The fourth-order valence-electron chi connectivity index (χ4n) is 2.92. The molecule has 152 valence electrons. The van der Waals surface area contributed by atoms with Crippen LogP contribution < -0.4 is 20.5 Å². The van der Waals surface area contributed by atoms with E-state index in [2.05, 4.69) is 29.1 Å². The Bertz CT molecular complexity index is 840. The molecule has 0 aliphatic heterocycles. The van der Waals surface area contributed by atoms with Gasteiger partial charge in [0.2, 0.25) is 0 Å². The number of hydrogen-bond donors (Lipinski definition) is 2. The molecule has 0 unspecified atom stereocenters. The Morgan fingerprint density at radius 2 is 2.07 bits per heavy atom. The number of aryl methyl sites for hydroxylation is 1. The topological polar surface area (TPSA) is 99.4 Å². The molecule has 3 N–H and O–H groups in total. The van der Waals surface area contributed by atoms with Crippen molar-refractivity contribution in [3.05, 3.63) is 35.9 Å². The zero-order chi connectivity index (χ0) is 20.9. The Morgan fingerprint density at radius 1 is 1.36 bits per heavy atom. The lowest BCUT2D eigenvalue weighted by atomic mass is 9.93. The molecule has 0 spiro atoms. The smallest absolute Gasteiger partial charge is 0.413 e. The predicted molar refractivity (Wildman–Crippen MR) is 105 cm³/mol. The number of hydrogen-bond acceptors (Lipinski definition) is 6. The van der Waals surface area contributed by atoms with Gasteiger partial charge < -0.3 is 20.5 Å². The number of aromatic nitrogens is 2. The standard InChI is InChI=1S/C20H27FN4O3/c1-12(2)10-20(4,22)11-27-16-7-6-15(25-13(16)3)14-8-9-24-18(17(14)21)28-19(26)23-5/h6-9,12H,10-11,22H2,1-5H3,(H,23,26)/t20-/m0/s1. The van der Waals surface area contributed by atoms with Crippen LogP contribution in [0.3, 0.4) is 0 Å². The largest absolute Gasteiger partial charge is 0.490 e. The van der Waals surface area contributed by atoms with Gasteiger partial charge in [-0.2, -0.15) is 0 Å². The molecule has 2 aromatic heterocycles. The maximum atomic E-state index is 14.7. The number of amides is 1. The van der Waals surface area contributed by atoms with Crippen LogP contribution in [0.4, 0.5) is 9.18 Å². The molecule has 2 heterocycles. The van der Waals surface area contributed by atoms with Crippen molar-refractivity contribution in [3.63, 3.8) is 0 Å². The van der Waals surface area contributed by atoms with Crippen molar-refractivity contribution in [2.24, 2.45) is 11.7 Å². The summed E-state index contributed by atoms with van der Waals surface area (Å²) in [5.74, 6) is -0.135. The number of halogens is 1. The lowest BCUT2D eigenvalue weighted by Crippen LogP contribution is -2.43. The molecule has 0 aromatic carbocycles. The molecule has 0 fully saturated rings. The van der Waals surface area contributed by atoms with Gasteiger partial charge in [-0.25, -0.2) is 19.2 Å². The van der Waals surface area contributed by atoms with Gasteiger partial charge in [0.15, 0.2) is 5.82 Å². The van der Waals surface area contributed by atoms with E-state index in [0.29, 0.717) is 29.7 Å². The van der Waals surface area contributed by atoms with Crippen molar-refractivity contribution < 1.29 is 18.7 Å². The average Bonchev–Trinajstić information content (AvgIpc) is 2.61. The van der Waals surface area contributed by atoms with Crippen molar-refractivity contribution in [2.45, 2.75) is 39.7 Å². The Balaban J connectivity index is 2.20. The van der Waals surface area contributed by atoms with Crippen LogP contribution in [-0.4, -0.2) is 35.3 Å². The highest BCUT2D eigenvalue weighted by Crippen LogP contribution is 2.29. The zero-order valence-corrected chi connectivity index (χ0v) is 16.9. The average molecular weight is 390 g/mol. The summed E-state index contributed by atoms with van der Waals surface area (Å²) in [6, 6.07) is 4.83. The van der Waals surface area contributed by atoms with Gasteiger partial charge in [0.05, 0.1) is 11.4 Å². The number of rotatable bonds is 7. The maximum Gasteiger partial charge on any atom is 0.413 e. The van der Waals surface area contributed by atoms with E-state index in [1.807, 2.05) is 6.92 Å². The summed E-state index contributed by atoms with van der Waals surface area (Å²) in [6.45, 7) is 8.29. The third kappa shape index (κ3) is 5.63. The molecule has 7 nitrogen and oxygen atoms in total. The second kappa shape index (κ2) is 8.97. The van der Waals surface area contributed by atoms with Crippen LogP contribution in [-0.2, 0) is 0 Å². The van der Waals surface area contributed by atoms with Crippen LogP contribution in [0.25, 0.3) is 11.3 Å². The number of ether oxygens (including phenoxy) is 2. The Hall–Kier alpha value is -2.74. The second-order valence-electron chi connectivity index (χ2n) is 7.44. The fourth-order valence-corrected chi connectivity index (χ4v) is 2.92. The molecule has 0 saturated heterocycles. The first-order valence-corrected chi connectivity index (χ1v) is 9.06. The van der Waals surface area contributed by atoms with E-state index in [1.165, 1.54) is 19.3 Å². The third-order valence-electron chi connectivity index (χ3n) is 4.00.